The van der Waals surface area contributed by atoms with Crippen molar-refractivity contribution in [3.05, 3.63) is 0 Å². The van der Waals surface area contributed by atoms with Crippen LogP contribution in [0.1, 0.15) is 20.3 Å². The number of rotatable bonds is 8. The largest absolute Gasteiger partial charge is 0.388 e. The van der Waals surface area contributed by atoms with E-state index in [0.717, 1.165) is 0 Å². The van der Waals surface area contributed by atoms with Gasteiger partial charge in [-0.1, -0.05) is 0 Å². The van der Waals surface area contributed by atoms with Gasteiger partial charge in [0, 0.05) is 25.7 Å². The lowest BCUT2D eigenvalue weighted by atomic mass is 10.1. The van der Waals surface area contributed by atoms with Crippen molar-refractivity contribution in [2.45, 2.75) is 50.7 Å². The molecule has 1 rings (SSSR count). The Labute approximate surface area is 142 Å². The molecule has 1 fully saturated rings. The van der Waals surface area contributed by atoms with E-state index in [-0.39, 0.29) is 30.9 Å². The summed E-state index contributed by atoms with van der Waals surface area (Å²) < 4.78 is 5.53. The molecule has 0 aromatic rings. The number of carbonyl (C=O) groups excluding carboxylic acids is 2. The third-order valence-corrected chi connectivity index (χ3v) is 3.61. The summed E-state index contributed by atoms with van der Waals surface area (Å²) in [7, 11) is 3.80. The van der Waals surface area contributed by atoms with Crippen molar-refractivity contribution in [3.63, 3.8) is 0 Å². The summed E-state index contributed by atoms with van der Waals surface area (Å²) in [6, 6.07) is -0.385. The standard InChI is InChI=1S/C15H30N4O5/c1-9(2)18-15(23)17-8-11-14(22)13(21)10(24-11)7-12(20)16-5-6-19(3)4/h9-11,13-14,21-22H,5-8H2,1-4H3,(H,16,20)(H2,17,18,23)/t10-,11+,13-,14+/m0/s1. The van der Waals surface area contributed by atoms with Crippen LogP contribution in [-0.4, -0.2) is 91.2 Å². The monoisotopic (exact) mass is 346 g/mol. The second-order valence-electron chi connectivity index (χ2n) is 6.56. The van der Waals surface area contributed by atoms with Crippen LogP contribution in [0.25, 0.3) is 0 Å². The zero-order valence-corrected chi connectivity index (χ0v) is 14.8. The van der Waals surface area contributed by atoms with Gasteiger partial charge in [0.05, 0.1) is 12.5 Å². The molecule has 9 nitrogen and oxygen atoms in total. The number of nitrogens with one attached hydrogen (secondary N) is 3. The van der Waals surface area contributed by atoms with Crippen LogP contribution in [0.2, 0.25) is 0 Å². The molecule has 0 radical (unpaired) electrons. The summed E-state index contributed by atoms with van der Waals surface area (Å²) in [6.07, 6.45) is -3.90. The number of ether oxygens (including phenoxy) is 1. The molecule has 5 N–H and O–H groups in total. The zero-order chi connectivity index (χ0) is 18.3. The molecule has 0 aromatic carbocycles. The number of nitrogens with zero attached hydrogens (tertiary/aromatic N) is 1. The summed E-state index contributed by atoms with van der Waals surface area (Å²) in [5.41, 5.74) is 0. The van der Waals surface area contributed by atoms with Gasteiger partial charge in [-0.3, -0.25) is 4.79 Å². The highest BCUT2D eigenvalue weighted by Gasteiger charge is 2.43. The second kappa shape index (κ2) is 9.77. The Bertz CT molecular complexity index is 419. The first-order chi connectivity index (χ1) is 11.2. The molecule has 0 spiro atoms. The van der Waals surface area contributed by atoms with Gasteiger partial charge in [-0.25, -0.2) is 4.79 Å². The molecule has 1 aliphatic heterocycles. The average Bonchev–Trinajstić information content (AvgIpc) is 2.72. The van der Waals surface area contributed by atoms with Crippen molar-refractivity contribution in [1.29, 1.82) is 0 Å². The van der Waals surface area contributed by atoms with Crippen molar-refractivity contribution in [3.8, 4) is 0 Å². The Morgan fingerprint density at radius 2 is 1.75 bits per heavy atom. The molecule has 0 bridgehead atoms. The molecule has 4 atom stereocenters. The highest BCUT2D eigenvalue weighted by molar-refractivity contribution is 5.76. The Hall–Kier alpha value is -1.42. The molecule has 1 saturated heterocycles. The number of carbonyl (C=O) groups is 2. The highest BCUT2D eigenvalue weighted by Crippen LogP contribution is 2.23. The molecule has 0 aromatic heterocycles. The van der Waals surface area contributed by atoms with Crippen LogP contribution >= 0.6 is 0 Å². The molecule has 24 heavy (non-hydrogen) atoms. The number of aliphatic hydroxyl groups is 2. The minimum Gasteiger partial charge on any atom is -0.388 e. The van der Waals surface area contributed by atoms with Crippen LogP contribution < -0.4 is 16.0 Å². The van der Waals surface area contributed by atoms with E-state index in [1.165, 1.54) is 0 Å². The summed E-state index contributed by atoms with van der Waals surface area (Å²) in [4.78, 5) is 25.3. The van der Waals surface area contributed by atoms with Crippen LogP contribution in [0.5, 0.6) is 0 Å². The molecular formula is C15H30N4O5. The van der Waals surface area contributed by atoms with Crippen molar-refractivity contribution in [2.75, 3.05) is 33.7 Å². The van der Waals surface area contributed by atoms with E-state index in [2.05, 4.69) is 16.0 Å². The molecule has 0 unspecified atom stereocenters. The lowest BCUT2D eigenvalue weighted by Crippen LogP contribution is -2.45. The fourth-order valence-electron chi connectivity index (χ4n) is 2.34. The van der Waals surface area contributed by atoms with Gasteiger partial charge in [-0.15, -0.1) is 0 Å². The maximum atomic E-state index is 11.8. The van der Waals surface area contributed by atoms with E-state index in [0.29, 0.717) is 13.1 Å². The topological polar surface area (TPSA) is 123 Å². The first kappa shape index (κ1) is 20.6. The quantitative estimate of drug-likeness (QED) is 0.355. The maximum Gasteiger partial charge on any atom is 0.315 e. The van der Waals surface area contributed by atoms with E-state index in [4.69, 9.17) is 4.74 Å². The molecule has 3 amide bonds. The van der Waals surface area contributed by atoms with Crippen molar-refractivity contribution in [1.82, 2.24) is 20.9 Å². The molecule has 0 saturated carbocycles. The predicted molar refractivity (Wildman–Crippen MR) is 88.5 cm³/mol. The Balaban J connectivity index is 2.38. The van der Waals surface area contributed by atoms with E-state index in [1.807, 2.05) is 32.8 Å². The lowest BCUT2D eigenvalue weighted by Gasteiger charge is -2.16. The Morgan fingerprint density at radius 3 is 2.33 bits per heavy atom. The first-order valence-corrected chi connectivity index (χ1v) is 8.18. The van der Waals surface area contributed by atoms with E-state index >= 15 is 0 Å². The molecule has 1 aliphatic rings. The Morgan fingerprint density at radius 1 is 1.12 bits per heavy atom. The van der Waals surface area contributed by atoms with Crippen LogP contribution in [0.4, 0.5) is 4.79 Å². The van der Waals surface area contributed by atoms with Crippen LogP contribution in [0.15, 0.2) is 0 Å². The van der Waals surface area contributed by atoms with Gasteiger partial charge in [0.15, 0.2) is 0 Å². The molecule has 1 heterocycles. The second-order valence-corrected chi connectivity index (χ2v) is 6.56. The molecule has 0 aliphatic carbocycles. The Kier molecular flexibility index (Phi) is 8.40. The minimum absolute atomic E-state index is 0.0105. The van der Waals surface area contributed by atoms with Gasteiger partial charge in [-0.2, -0.15) is 0 Å². The summed E-state index contributed by atoms with van der Waals surface area (Å²) in [5.74, 6) is -0.251. The van der Waals surface area contributed by atoms with Gasteiger partial charge < -0.3 is 35.8 Å². The fraction of sp³-hybridized carbons (Fsp3) is 0.867. The molecule has 9 heteroatoms. The van der Waals surface area contributed by atoms with Crippen LogP contribution in [-0.2, 0) is 9.53 Å². The van der Waals surface area contributed by atoms with Crippen molar-refractivity contribution >= 4 is 11.9 Å². The number of amides is 3. The number of likely N-dealkylation sites (N-methyl/N-ethyl adjacent to an activating group) is 1. The van der Waals surface area contributed by atoms with Crippen molar-refractivity contribution < 1.29 is 24.5 Å². The molecule has 140 valence electrons. The van der Waals surface area contributed by atoms with Crippen LogP contribution in [0.3, 0.4) is 0 Å². The number of aliphatic hydroxyl groups excluding tert-OH is 2. The van der Waals surface area contributed by atoms with E-state index in [1.54, 1.807) is 0 Å². The zero-order valence-electron chi connectivity index (χ0n) is 14.8. The number of hydrogen-bond acceptors (Lipinski definition) is 6. The summed E-state index contributed by atoms with van der Waals surface area (Å²) in [5, 5.41) is 28.0. The summed E-state index contributed by atoms with van der Waals surface area (Å²) in [6.45, 7) is 4.91. The lowest BCUT2D eigenvalue weighted by molar-refractivity contribution is -0.125. The van der Waals surface area contributed by atoms with E-state index < -0.39 is 24.4 Å². The maximum absolute atomic E-state index is 11.8. The van der Waals surface area contributed by atoms with Crippen LogP contribution in [0, 0.1) is 0 Å². The average molecular weight is 346 g/mol. The van der Waals surface area contributed by atoms with Gasteiger partial charge in [0.25, 0.3) is 0 Å². The van der Waals surface area contributed by atoms with Gasteiger partial charge in [0.2, 0.25) is 5.91 Å². The minimum atomic E-state index is -1.16. The third-order valence-electron chi connectivity index (χ3n) is 3.61. The fourth-order valence-corrected chi connectivity index (χ4v) is 2.34. The smallest absolute Gasteiger partial charge is 0.315 e. The highest BCUT2D eigenvalue weighted by atomic mass is 16.5. The third kappa shape index (κ3) is 7.00. The van der Waals surface area contributed by atoms with Gasteiger partial charge in [-0.05, 0) is 27.9 Å². The van der Waals surface area contributed by atoms with Gasteiger partial charge in [0.1, 0.15) is 18.3 Å². The van der Waals surface area contributed by atoms with Crippen molar-refractivity contribution in [2.24, 2.45) is 0 Å². The predicted octanol–water partition coefficient (Wildman–Crippen LogP) is -1.75. The number of urea groups is 1. The number of hydrogen-bond donors (Lipinski definition) is 5. The van der Waals surface area contributed by atoms with E-state index in [9.17, 15) is 19.8 Å². The first-order valence-electron chi connectivity index (χ1n) is 8.18. The summed E-state index contributed by atoms with van der Waals surface area (Å²) >= 11 is 0. The SMILES string of the molecule is CC(C)NC(=O)NC[C@H]1O[C@@H](CC(=O)NCCN(C)C)[C@H](O)[C@@H]1O. The van der Waals surface area contributed by atoms with Gasteiger partial charge >= 0.3 is 6.03 Å². The molecular weight excluding hydrogens is 316 g/mol. The normalized spacial score (nSPS) is 26.7.